The van der Waals surface area contributed by atoms with Gasteiger partial charge in [0.15, 0.2) is 5.65 Å². The predicted octanol–water partition coefficient (Wildman–Crippen LogP) is 3.35. The Bertz CT molecular complexity index is 1070. The number of rotatable bonds is 7. The van der Waals surface area contributed by atoms with Gasteiger partial charge in [0.1, 0.15) is 12.9 Å². The SMILES string of the molecule is CCCCOn1c(=O)cc(NCc2cnccc2C(F)(F)F)c2c(C)ncnc21. The zero-order valence-corrected chi connectivity index (χ0v) is 16.0. The molecule has 0 aliphatic heterocycles. The fraction of sp³-hybridized carbons (Fsp3) is 0.368. The van der Waals surface area contributed by atoms with E-state index >= 15 is 0 Å². The molecule has 0 unspecified atom stereocenters. The lowest BCUT2D eigenvalue weighted by atomic mass is 10.1. The highest BCUT2D eigenvalue weighted by molar-refractivity contribution is 5.90. The molecule has 7 nitrogen and oxygen atoms in total. The van der Waals surface area contributed by atoms with Crippen LogP contribution in [0.25, 0.3) is 11.0 Å². The summed E-state index contributed by atoms with van der Waals surface area (Å²) in [6.07, 6.45) is 0.707. The molecule has 3 heterocycles. The molecular formula is C19H20F3N5O2. The summed E-state index contributed by atoms with van der Waals surface area (Å²) < 4.78 is 40.7. The van der Waals surface area contributed by atoms with E-state index in [-0.39, 0.29) is 17.8 Å². The Kier molecular flexibility index (Phi) is 6.00. The minimum atomic E-state index is -4.50. The van der Waals surface area contributed by atoms with E-state index in [0.717, 1.165) is 36.0 Å². The number of hydrogen-bond acceptors (Lipinski definition) is 6. The number of halogens is 3. The first-order chi connectivity index (χ1) is 13.8. The maximum atomic E-state index is 13.2. The van der Waals surface area contributed by atoms with Gasteiger partial charge < -0.3 is 10.2 Å². The van der Waals surface area contributed by atoms with Gasteiger partial charge in [-0.3, -0.25) is 9.78 Å². The van der Waals surface area contributed by atoms with Crippen molar-refractivity contribution in [2.24, 2.45) is 0 Å². The van der Waals surface area contributed by atoms with Crippen LogP contribution in [0.3, 0.4) is 0 Å². The topological polar surface area (TPSA) is 81.9 Å². The summed E-state index contributed by atoms with van der Waals surface area (Å²) in [4.78, 5) is 30.2. The van der Waals surface area contributed by atoms with Crippen LogP contribution in [-0.2, 0) is 12.7 Å². The lowest BCUT2D eigenvalue weighted by Crippen LogP contribution is -2.29. The maximum Gasteiger partial charge on any atom is 0.416 e. The van der Waals surface area contributed by atoms with Gasteiger partial charge in [-0.15, -0.1) is 4.73 Å². The number of pyridine rings is 2. The third kappa shape index (κ3) is 4.47. The standard InChI is InChI=1S/C19H20F3N5O2/c1-3-4-7-29-27-16(28)8-15(17-12(2)25-11-26-18(17)27)24-10-13-9-23-6-5-14(13)19(20,21)22/h5-6,8-9,11,24H,3-4,7,10H2,1-2H3. The van der Waals surface area contributed by atoms with Gasteiger partial charge in [-0.1, -0.05) is 13.3 Å². The first-order valence-corrected chi connectivity index (χ1v) is 9.07. The van der Waals surface area contributed by atoms with E-state index < -0.39 is 17.3 Å². The van der Waals surface area contributed by atoms with Crippen molar-refractivity contribution in [3.8, 4) is 0 Å². The summed E-state index contributed by atoms with van der Waals surface area (Å²) in [5, 5.41) is 3.40. The summed E-state index contributed by atoms with van der Waals surface area (Å²) in [6, 6.07) is 2.19. The Morgan fingerprint density at radius 3 is 2.79 bits per heavy atom. The number of nitrogens with one attached hydrogen (secondary N) is 1. The Hall–Kier alpha value is -3.17. The number of aryl methyl sites for hydroxylation is 1. The van der Waals surface area contributed by atoms with Gasteiger partial charge in [0, 0.05) is 30.6 Å². The average Bonchev–Trinajstić information content (AvgIpc) is 2.68. The molecular weight excluding hydrogens is 387 g/mol. The van der Waals surface area contributed by atoms with Crippen LogP contribution in [0.1, 0.15) is 36.6 Å². The molecule has 0 spiro atoms. The number of nitrogens with zero attached hydrogens (tertiary/aromatic N) is 4. The van der Waals surface area contributed by atoms with Crippen LogP contribution in [0.4, 0.5) is 18.9 Å². The highest BCUT2D eigenvalue weighted by atomic mass is 19.4. The van der Waals surface area contributed by atoms with Crippen molar-refractivity contribution in [2.45, 2.75) is 39.4 Å². The van der Waals surface area contributed by atoms with E-state index in [1.165, 1.54) is 12.4 Å². The van der Waals surface area contributed by atoms with E-state index in [2.05, 4.69) is 20.3 Å². The average molecular weight is 407 g/mol. The van der Waals surface area contributed by atoms with Gasteiger partial charge in [-0.05, 0) is 19.4 Å². The van der Waals surface area contributed by atoms with Gasteiger partial charge in [-0.2, -0.15) is 13.2 Å². The Morgan fingerprint density at radius 2 is 2.07 bits per heavy atom. The fourth-order valence-electron chi connectivity index (χ4n) is 2.89. The first-order valence-electron chi connectivity index (χ1n) is 9.07. The highest BCUT2D eigenvalue weighted by Gasteiger charge is 2.33. The number of unbranched alkanes of at least 4 members (excludes halogenated alkanes) is 1. The summed E-state index contributed by atoms with van der Waals surface area (Å²) in [5.41, 5.74) is -0.148. The number of alkyl halides is 3. The van der Waals surface area contributed by atoms with Gasteiger partial charge in [0.05, 0.1) is 22.3 Å². The molecule has 3 aromatic rings. The molecule has 3 rings (SSSR count). The molecule has 0 aromatic carbocycles. The summed E-state index contributed by atoms with van der Waals surface area (Å²) in [6.45, 7) is 3.89. The van der Waals surface area contributed by atoms with Crippen molar-refractivity contribution in [3.63, 3.8) is 0 Å². The molecule has 0 aliphatic carbocycles. The number of fused-ring (bicyclic) bond motifs is 1. The van der Waals surface area contributed by atoms with Crippen molar-refractivity contribution in [1.82, 2.24) is 19.7 Å². The Labute approximate surface area is 164 Å². The lowest BCUT2D eigenvalue weighted by Gasteiger charge is -2.16. The third-order valence-electron chi connectivity index (χ3n) is 4.34. The van der Waals surface area contributed by atoms with Crippen LogP contribution in [-0.4, -0.2) is 26.3 Å². The molecule has 0 bridgehead atoms. The molecule has 0 radical (unpaired) electrons. The van der Waals surface area contributed by atoms with Crippen LogP contribution in [0, 0.1) is 6.92 Å². The second-order valence-corrected chi connectivity index (χ2v) is 6.42. The maximum absolute atomic E-state index is 13.2. The lowest BCUT2D eigenvalue weighted by molar-refractivity contribution is -0.138. The van der Waals surface area contributed by atoms with Crippen LogP contribution in [0.15, 0.2) is 35.6 Å². The second-order valence-electron chi connectivity index (χ2n) is 6.42. The largest absolute Gasteiger partial charge is 0.416 e. The fourth-order valence-corrected chi connectivity index (χ4v) is 2.89. The molecule has 154 valence electrons. The summed E-state index contributed by atoms with van der Waals surface area (Å²) in [5.74, 6) is 0. The molecule has 0 saturated carbocycles. The summed E-state index contributed by atoms with van der Waals surface area (Å²) in [7, 11) is 0. The smallest absolute Gasteiger partial charge is 0.409 e. The van der Waals surface area contributed by atoms with Crippen LogP contribution < -0.4 is 15.7 Å². The van der Waals surface area contributed by atoms with Crippen molar-refractivity contribution >= 4 is 16.7 Å². The second kappa shape index (κ2) is 8.46. The molecule has 0 atom stereocenters. The Balaban J connectivity index is 1.99. The minimum Gasteiger partial charge on any atom is -0.409 e. The van der Waals surface area contributed by atoms with E-state index in [9.17, 15) is 18.0 Å². The first kappa shape index (κ1) is 20.6. The molecule has 3 aromatic heterocycles. The zero-order valence-electron chi connectivity index (χ0n) is 16.0. The number of aromatic nitrogens is 4. The predicted molar refractivity (Wildman–Crippen MR) is 101 cm³/mol. The van der Waals surface area contributed by atoms with Gasteiger partial charge in [0.2, 0.25) is 0 Å². The quantitative estimate of drug-likeness (QED) is 0.605. The normalized spacial score (nSPS) is 11.6. The van der Waals surface area contributed by atoms with Crippen LogP contribution in [0.2, 0.25) is 0 Å². The Morgan fingerprint density at radius 1 is 1.28 bits per heavy atom. The molecule has 1 N–H and O–H groups in total. The highest BCUT2D eigenvalue weighted by Crippen LogP contribution is 2.32. The van der Waals surface area contributed by atoms with Crippen molar-refractivity contribution < 1.29 is 18.0 Å². The molecule has 0 fully saturated rings. The van der Waals surface area contributed by atoms with Crippen molar-refractivity contribution in [2.75, 3.05) is 11.9 Å². The monoisotopic (exact) mass is 407 g/mol. The van der Waals surface area contributed by atoms with Crippen LogP contribution >= 0.6 is 0 Å². The van der Waals surface area contributed by atoms with Gasteiger partial charge >= 0.3 is 6.18 Å². The third-order valence-corrected chi connectivity index (χ3v) is 4.34. The number of hydrogen-bond donors (Lipinski definition) is 1. The molecule has 29 heavy (non-hydrogen) atoms. The zero-order chi connectivity index (χ0) is 21.0. The molecule has 0 saturated heterocycles. The van der Waals surface area contributed by atoms with E-state index in [1.54, 1.807) is 6.92 Å². The van der Waals surface area contributed by atoms with Crippen LogP contribution in [0.5, 0.6) is 0 Å². The molecule has 10 heteroatoms. The van der Waals surface area contributed by atoms with E-state index in [0.29, 0.717) is 23.4 Å². The van der Waals surface area contributed by atoms with Gasteiger partial charge in [0.25, 0.3) is 5.56 Å². The molecule has 0 aliphatic rings. The molecule has 0 amide bonds. The van der Waals surface area contributed by atoms with Gasteiger partial charge in [-0.25, -0.2) is 9.97 Å². The number of anilines is 1. The minimum absolute atomic E-state index is 0.0361. The van der Waals surface area contributed by atoms with Crippen molar-refractivity contribution in [1.29, 1.82) is 0 Å². The summed E-state index contributed by atoms with van der Waals surface area (Å²) >= 11 is 0. The van der Waals surface area contributed by atoms with E-state index in [1.807, 2.05) is 6.92 Å². The van der Waals surface area contributed by atoms with Crippen molar-refractivity contribution in [3.05, 3.63) is 58.0 Å². The van der Waals surface area contributed by atoms with E-state index in [4.69, 9.17) is 4.84 Å².